The van der Waals surface area contributed by atoms with Gasteiger partial charge in [0.1, 0.15) is 5.78 Å². The lowest BCUT2D eigenvalue weighted by Gasteiger charge is -2.19. The van der Waals surface area contributed by atoms with E-state index in [2.05, 4.69) is 0 Å². The molecule has 0 unspecified atom stereocenters. The lowest BCUT2D eigenvalue weighted by atomic mass is 10.2. The second-order valence-electron chi connectivity index (χ2n) is 3.84. The number of hydrogen-bond donors (Lipinski definition) is 1. The van der Waals surface area contributed by atoms with Gasteiger partial charge in [-0.15, -0.1) is 0 Å². The van der Waals surface area contributed by atoms with E-state index < -0.39 is 0 Å². The molecule has 0 saturated carbocycles. The van der Waals surface area contributed by atoms with Gasteiger partial charge in [0.2, 0.25) is 0 Å². The van der Waals surface area contributed by atoms with Gasteiger partial charge in [-0.2, -0.15) is 0 Å². The van der Waals surface area contributed by atoms with Crippen LogP contribution in [0.4, 0.5) is 0 Å². The molecular formula is C12H23NO4. The number of esters is 1. The highest BCUT2D eigenvalue weighted by Crippen LogP contribution is 1.98. The zero-order valence-corrected chi connectivity index (χ0v) is 10.8. The van der Waals surface area contributed by atoms with Crippen molar-refractivity contribution in [1.82, 2.24) is 4.90 Å². The van der Waals surface area contributed by atoms with E-state index in [9.17, 15) is 9.59 Å². The molecule has 0 fully saturated rings. The molecule has 0 aromatic heterocycles. The zero-order valence-electron chi connectivity index (χ0n) is 10.8. The Kier molecular flexibility index (Phi) is 9.66. The third-order valence-electron chi connectivity index (χ3n) is 2.27. The minimum Gasteiger partial charge on any atom is -0.466 e. The molecule has 0 amide bonds. The Morgan fingerprint density at radius 1 is 1.18 bits per heavy atom. The van der Waals surface area contributed by atoms with Gasteiger partial charge < -0.3 is 9.84 Å². The molecular weight excluding hydrogens is 222 g/mol. The molecule has 5 nitrogen and oxygen atoms in total. The number of hydrogen-bond acceptors (Lipinski definition) is 5. The Labute approximate surface area is 103 Å². The van der Waals surface area contributed by atoms with Gasteiger partial charge in [-0.1, -0.05) is 6.92 Å². The van der Waals surface area contributed by atoms with E-state index in [1.807, 2.05) is 11.8 Å². The number of aliphatic hydroxyl groups excluding tert-OH is 1. The van der Waals surface area contributed by atoms with Gasteiger partial charge in [0.25, 0.3) is 0 Å². The van der Waals surface area contributed by atoms with E-state index in [1.54, 1.807) is 6.92 Å². The van der Waals surface area contributed by atoms with Gasteiger partial charge >= 0.3 is 5.97 Å². The van der Waals surface area contributed by atoms with E-state index >= 15 is 0 Å². The predicted octanol–water partition coefficient (Wildman–Crippen LogP) is 0.603. The van der Waals surface area contributed by atoms with Crippen LogP contribution in [0.1, 0.15) is 33.1 Å². The van der Waals surface area contributed by atoms with Crippen LogP contribution in [0.15, 0.2) is 0 Å². The molecule has 100 valence electrons. The van der Waals surface area contributed by atoms with E-state index in [0.29, 0.717) is 19.7 Å². The van der Waals surface area contributed by atoms with Gasteiger partial charge in [-0.05, 0) is 19.9 Å². The Morgan fingerprint density at radius 2 is 1.88 bits per heavy atom. The average Bonchev–Trinajstić information content (AvgIpc) is 2.27. The smallest absolute Gasteiger partial charge is 0.306 e. The van der Waals surface area contributed by atoms with Crippen LogP contribution >= 0.6 is 0 Å². The Bertz CT molecular complexity index is 225. The quantitative estimate of drug-likeness (QED) is 0.571. The first-order valence-electron chi connectivity index (χ1n) is 6.14. The summed E-state index contributed by atoms with van der Waals surface area (Å²) >= 11 is 0. The fraction of sp³-hybridized carbons (Fsp3) is 0.833. The van der Waals surface area contributed by atoms with Crippen molar-refractivity contribution in [3.63, 3.8) is 0 Å². The van der Waals surface area contributed by atoms with Crippen molar-refractivity contribution in [1.29, 1.82) is 0 Å². The molecule has 0 aliphatic heterocycles. The van der Waals surface area contributed by atoms with Crippen LogP contribution in [-0.2, 0) is 14.3 Å². The molecule has 0 saturated heterocycles. The van der Waals surface area contributed by atoms with E-state index in [1.165, 1.54) is 0 Å². The summed E-state index contributed by atoms with van der Waals surface area (Å²) in [5.41, 5.74) is 0. The molecule has 0 spiro atoms. The van der Waals surface area contributed by atoms with Crippen molar-refractivity contribution in [3.05, 3.63) is 0 Å². The molecule has 17 heavy (non-hydrogen) atoms. The number of rotatable bonds is 10. The van der Waals surface area contributed by atoms with Gasteiger partial charge in [0.15, 0.2) is 0 Å². The minimum absolute atomic E-state index is 0.0138. The highest BCUT2D eigenvalue weighted by Gasteiger charge is 2.11. The van der Waals surface area contributed by atoms with E-state index in [4.69, 9.17) is 9.84 Å². The van der Waals surface area contributed by atoms with Crippen LogP contribution in [0.3, 0.4) is 0 Å². The highest BCUT2D eigenvalue weighted by molar-refractivity contribution is 5.84. The van der Waals surface area contributed by atoms with Crippen LogP contribution in [0.2, 0.25) is 0 Å². The molecule has 0 aliphatic carbocycles. The van der Waals surface area contributed by atoms with Gasteiger partial charge in [-0.25, -0.2) is 0 Å². The highest BCUT2D eigenvalue weighted by atomic mass is 16.5. The lowest BCUT2D eigenvalue weighted by molar-refractivity contribution is -0.144. The molecule has 0 aromatic rings. The summed E-state index contributed by atoms with van der Waals surface area (Å²) < 4.78 is 4.75. The number of nitrogens with zero attached hydrogens (tertiary/aromatic N) is 1. The van der Waals surface area contributed by atoms with Crippen LogP contribution in [0, 0.1) is 0 Å². The summed E-state index contributed by atoms with van der Waals surface area (Å²) in [6.45, 7) is 5.74. The predicted molar refractivity (Wildman–Crippen MR) is 64.7 cm³/mol. The zero-order chi connectivity index (χ0) is 13.1. The van der Waals surface area contributed by atoms with Crippen molar-refractivity contribution in [2.24, 2.45) is 0 Å². The lowest BCUT2D eigenvalue weighted by Crippen LogP contribution is -2.33. The number of ether oxygens (including phenoxy) is 1. The molecule has 0 rings (SSSR count). The Balaban J connectivity index is 3.84. The third kappa shape index (κ3) is 8.83. The summed E-state index contributed by atoms with van der Waals surface area (Å²) in [6.07, 6.45) is 1.29. The van der Waals surface area contributed by atoms with Crippen molar-refractivity contribution in [2.75, 3.05) is 32.8 Å². The molecule has 0 heterocycles. The first-order chi connectivity index (χ1) is 8.13. The maximum absolute atomic E-state index is 11.6. The number of carbonyl (C=O) groups is 2. The standard InChI is InChI=1S/C12H23NO4/c1-3-7-13(8-9-14)10-11(15)5-6-12(16)17-4-2/h14H,3-10H2,1-2H3. The summed E-state index contributed by atoms with van der Waals surface area (Å²) in [6, 6.07) is 0. The second kappa shape index (κ2) is 10.2. The maximum atomic E-state index is 11.6. The third-order valence-corrected chi connectivity index (χ3v) is 2.27. The topological polar surface area (TPSA) is 66.8 Å². The molecule has 0 aromatic carbocycles. The largest absolute Gasteiger partial charge is 0.466 e. The Morgan fingerprint density at radius 3 is 2.41 bits per heavy atom. The number of aliphatic hydroxyl groups is 1. The molecule has 0 aliphatic rings. The summed E-state index contributed by atoms with van der Waals surface area (Å²) in [5, 5.41) is 8.84. The first kappa shape index (κ1) is 16.1. The fourth-order valence-electron chi connectivity index (χ4n) is 1.53. The first-order valence-corrected chi connectivity index (χ1v) is 6.14. The summed E-state index contributed by atoms with van der Waals surface area (Å²) in [4.78, 5) is 24.5. The monoisotopic (exact) mass is 245 g/mol. The van der Waals surface area contributed by atoms with Gasteiger partial charge in [0.05, 0.1) is 26.2 Å². The van der Waals surface area contributed by atoms with Crippen LogP contribution in [0.25, 0.3) is 0 Å². The molecule has 1 N–H and O–H groups in total. The summed E-state index contributed by atoms with van der Waals surface area (Å²) in [5.74, 6) is -0.315. The van der Waals surface area contributed by atoms with E-state index in [0.717, 1.165) is 13.0 Å². The van der Waals surface area contributed by atoms with Crippen molar-refractivity contribution in [3.8, 4) is 0 Å². The van der Waals surface area contributed by atoms with Crippen LogP contribution in [0.5, 0.6) is 0 Å². The fourth-order valence-corrected chi connectivity index (χ4v) is 1.53. The molecule has 0 bridgehead atoms. The van der Waals surface area contributed by atoms with Crippen LogP contribution < -0.4 is 0 Å². The molecule has 5 heteroatoms. The van der Waals surface area contributed by atoms with E-state index in [-0.39, 0.29) is 31.2 Å². The molecule has 0 radical (unpaired) electrons. The van der Waals surface area contributed by atoms with Crippen LogP contribution in [-0.4, -0.2) is 54.6 Å². The van der Waals surface area contributed by atoms with Gasteiger partial charge in [0, 0.05) is 13.0 Å². The Hall–Kier alpha value is -0.940. The van der Waals surface area contributed by atoms with Crippen molar-refractivity contribution < 1.29 is 19.4 Å². The normalized spacial score (nSPS) is 10.6. The molecule has 0 atom stereocenters. The number of Topliss-reactive ketones (excluding diaryl/α,β-unsaturated/α-hetero) is 1. The number of carbonyl (C=O) groups excluding carboxylic acids is 2. The van der Waals surface area contributed by atoms with Crippen molar-refractivity contribution in [2.45, 2.75) is 33.1 Å². The number of ketones is 1. The average molecular weight is 245 g/mol. The minimum atomic E-state index is -0.329. The van der Waals surface area contributed by atoms with Gasteiger partial charge in [-0.3, -0.25) is 14.5 Å². The second-order valence-corrected chi connectivity index (χ2v) is 3.84. The maximum Gasteiger partial charge on any atom is 0.306 e. The summed E-state index contributed by atoms with van der Waals surface area (Å²) in [7, 11) is 0. The SMILES string of the molecule is CCCN(CCO)CC(=O)CCC(=O)OCC. The van der Waals surface area contributed by atoms with Crippen molar-refractivity contribution >= 4 is 11.8 Å².